The minimum absolute atomic E-state index is 0.106. The lowest BCUT2D eigenvalue weighted by molar-refractivity contribution is 0.115. The molecule has 1 unspecified atom stereocenters. The van der Waals surface area contributed by atoms with Crippen LogP contribution in [0.4, 0.5) is 13.2 Å². The minimum atomic E-state index is -2.63. The van der Waals surface area contributed by atoms with Gasteiger partial charge in [-0.3, -0.25) is 0 Å². The summed E-state index contributed by atoms with van der Waals surface area (Å²) < 4.78 is 42.9. The van der Waals surface area contributed by atoms with E-state index >= 15 is 0 Å². The Hall–Kier alpha value is -1.23. The largest absolute Gasteiger partial charge is 0.496 e. The average molecular weight is 219 g/mol. The molecule has 0 fully saturated rings. The first-order valence-corrected chi connectivity index (χ1v) is 4.41. The highest BCUT2D eigenvalue weighted by Crippen LogP contribution is 2.30. The van der Waals surface area contributed by atoms with Gasteiger partial charge in [-0.15, -0.1) is 0 Å². The van der Waals surface area contributed by atoms with E-state index in [1.54, 1.807) is 0 Å². The zero-order chi connectivity index (χ0) is 11.4. The Bertz CT molecular complexity index is 330. The average Bonchev–Trinajstić information content (AvgIpc) is 2.18. The summed E-state index contributed by atoms with van der Waals surface area (Å²) >= 11 is 0. The molecule has 2 nitrogen and oxygen atoms in total. The normalized spacial score (nSPS) is 12.9. The van der Waals surface area contributed by atoms with Crippen molar-refractivity contribution in [2.75, 3.05) is 13.7 Å². The van der Waals surface area contributed by atoms with Crippen LogP contribution in [0, 0.1) is 5.82 Å². The Balaban J connectivity index is 3.13. The third-order valence-corrected chi connectivity index (χ3v) is 2.15. The minimum Gasteiger partial charge on any atom is -0.496 e. The lowest BCUT2D eigenvalue weighted by atomic mass is 9.98. The van der Waals surface area contributed by atoms with Crippen LogP contribution in [0.25, 0.3) is 0 Å². The Labute approximate surface area is 85.8 Å². The number of benzene rings is 1. The van der Waals surface area contributed by atoms with Gasteiger partial charge in [0.05, 0.1) is 13.0 Å². The molecule has 2 N–H and O–H groups in total. The number of hydrogen-bond donors (Lipinski definition) is 1. The topological polar surface area (TPSA) is 35.2 Å². The van der Waals surface area contributed by atoms with Crippen LogP contribution >= 0.6 is 0 Å². The summed E-state index contributed by atoms with van der Waals surface area (Å²) in [5.41, 5.74) is 5.33. The van der Waals surface area contributed by atoms with Crippen LogP contribution < -0.4 is 10.5 Å². The Kier molecular flexibility index (Phi) is 3.96. The van der Waals surface area contributed by atoms with Crippen LogP contribution in [0.5, 0.6) is 5.75 Å². The fraction of sp³-hybridized carbons (Fsp3) is 0.400. The number of nitrogens with two attached hydrogens (primary N) is 1. The van der Waals surface area contributed by atoms with Crippen LogP contribution in [0.2, 0.25) is 0 Å². The Morgan fingerprint density at radius 2 is 2.07 bits per heavy atom. The molecule has 0 aliphatic heterocycles. The van der Waals surface area contributed by atoms with E-state index in [1.165, 1.54) is 13.2 Å². The van der Waals surface area contributed by atoms with E-state index in [1.807, 2.05) is 0 Å². The first kappa shape index (κ1) is 11.8. The molecule has 5 heteroatoms. The van der Waals surface area contributed by atoms with E-state index < -0.39 is 18.2 Å². The molecule has 0 radical (unpaired) electrons. The lowest BCUT2D eigenvalue weighted by Gasteiger charge is -2.17. The van der Waals surface area contributed by atoms with Crippen molar-refractivity contribution in [1.82, 2.24) is 0 Å². The molecule has 0 saturated heterocycles. The number of methoxy groups -OCH3 is 1. The van der Waals surface area contributed by atoms with Gasteiger partial charge < -0.3 is 10.5 Å². The molecule has 0 aliphatic rings. The van der Waals surface area contributed by atoms with Crippen LogP contribution in [-0.4, -0.2) is 20.1 Å². The smallest absolute Gasteiger partial charge is 0.246 e. The number of hydrogen-bond acceptors (Lipinski definition) is 2. The van der Waals surface area contributed by atoms with Crippen LogP contribution in [0.3, 0.4) is 0 Å². The summed E-state index contributed by atoms with van der Waals surface area (Å²) in [6.07, 6.45) is -2.63. The molecule has 1 atom stereocenters. The van der Waals surface area contributed by atoms with E-state index in [-0.39, 0.29) is 17.9 Å². The van der Waals surface area contributed by atoms with Gasteiger partial charge in [0, 0.05) is 12.1 Å². The molecule has 0 spiro atoms. The maximum atomic E-state index is 12.9. The molecule has 15 heavy (non-hydrogen) atoms. The van der Waals surface area contributed by atoms with E-state index in [0.717, 1.165) is 12.1 Å². The van der Waals surface area contributed by atoms with Crippen molar-refractivity contribution >= 4 is 0 Å². The first-order valence-electron chi connectivity index (χ1n) is 4.41. The molecule has 84 valence electrons. The number of rotatable bonds is 4. The predicted molar refractivity (Wildman–Crippen MR) is 50.8 cm³/mol. The van der Waals surface area contributed by atoms with Gasteiger partial charge in [-0.1, -0.05) is 0 Å². The predicted octanol–water partition coefficient (Wildman–Crippen LogP) is 2.14. The molecule has 0 aromatic heterocycles. The fourth-order valence-corrected chi connectivity index (χ4v) is 1.36. The van der Waals surface area contributed by atoms with Crippen LogP contribution in [-0.2, 0) is 0 Å². The van der Waals surface area contributed by atoms with Crippen molar-refractivity contribution in [2.45, 2.75) is 12.3 Å². The summed E-state index contributed by atoms with van der Waals surface area (Å²) in [4.78, 5) is 0. The van der Waals surface area contributed by atoms with E-state index in [2.05, 4.69) is 0 Å². The van der Waals surface area contributed by atoms with Gasteiger partial charge in [0.25, 0.3) is 0 Å². The second-order valence-electron chi connectivity index (χ2n) is 3.06. The molecule has 1 aromatic rings. The molecule has 0 aliphatic carbocycles. The SMILES string of the molecule is COc1ccc(F)cc1C(CN)C(F)F. The van der Waals surface area contributed by atoms with Gasteiger partial charge in [0.15, 0.2) is 0 Å². The standard InChI is InChI=1S/C10H12F3NO/c1-15-9-3-2-6(11)4-7(9)8(5-14)10(12)13/h2-4,8,10H,5,14H2,1H3. The molecule has 0 amide bonds. The number of alkyl halides is 2. The van der Waals surface area contributed by atoms with Crippen LogP contribution in [0.15, 0.2) is 18.2 Å². The van der Waals surface area contributed by atoms with E-state index in [0.29, 0.717) is 0 Å². The third kappa shape index (κ3) is 2.62. The van der Waals surface area contributed by atoms with Gasteiger partial charge >= 0.3 is 0 Å². The molecule has 1 rings (SSSR count). The summed E-state index contributed by atoms with van der Waals surface area (Å²) in [7, 11) is 1.34. The summed E-state index contributed by atoms with van der Waals surface area (Å²) in [6.45, 7) is -0.252. The third-order valence-electron chi connectivity index (χ3n) is 2.15. The summed E-state index contributed by atoms with van der Waals surface area (Å²) in [5, 5.41) is 0. The highest BCUT2D eigenvalue weighted by atomic mass is 19.3. The second kappa shape index (κ2) is 5.02. The van der Waals surface area contributed by atoms with Crippen molar-refractivity contribution < 1.29 is 17.9 Å². The summed E-state index contributed by atoms with van der Waals surface area (Å²) in [6, 6.07) is 3.50. The Morgan fingerprint density at radius 3 is 2.53 bits per heavy atom. The highest BCUT2D eigenvalue weighted by molar-refractivity contribution is 5.37. The Morgan fingerprint density at radius 1 is 1.40 bits per heavy atom. The number of ether oxygens (including phenoxy) is 1. The fourth-order valence-electron chi connectivity index (χ4n) is 1.36. The van der Waals surface area contributed by atoms with Crippen molar-refractivity contribution in [1.29, 1.82) is 0 Å². The highest BCUT2D eigenvalue weighted by Gasteiger charge is 2.24. The van der Waals surface area contributed by atoms with Gasteiger partial charge in [-0.2, -0.15) is 0 Å². The van der Waals surface area contributed by atoms with Gasteiger partial charge in [-0.25, -0.2) is 13.2 Å². The molecular weight excluding hydrogens is 207 g/mol. The first-order chi connectivity index (χ1) is 7.10. The van der Waals surface area contributed by atoms with Crippen LogP contribution in [0.1, 0.15) is 11.5 Å². The second-order valence-corrected chi connectivity index (χ2v) is 3.06. The van der Waals surface area contributed by atoms with E-state index in [9.17, 15) is 13.2 Å². The molecule has 0 saturated carbocycles. The zero-order valence-electron chi connectivity index (χ0n) is 8.21. The maximum Gasteiger partial charge on any atom is 0.246 e. The van der Waals surface area contributed by atoms with Crippen molar-refractivity contribution in [3.63, 3.8) is 0 Å². The van der Waals surface area contributed by atoms with Crippen molar-refractivity contribution in [3.8, 4) is 5.75 Å². The number of halogens is 3. The maximum absolute atomic E-state index is 12.9. The van der Waals surface area contributed by atoms with Gasteiger partial charge in [0.2, 0.25) is 6.43 Å². The lowest BCUT2D eigenvalue weighted by Crippen LogP contribution is -2.20. The molecule has 0 heterocycles. The zero-order valence-corrected chi connectivity index (χ0v) is 8.21. The molecular formula is C10H12F3NO. The van der Waals surface area contributed by atoms with Crippen molar-refractivity contribution in [3.05, 3.63) is 29.6 Å². The molecule has 1 aromatic carbocycles. The molecule has 0 bridgehead atoms. The van der Waals surface area contributed by atoms with Gasteiger partial charge in [0.1, 0.15) is 11.6 Å². The summed E-state index contributed by atoms with van der Waals surface area (Å²) in [5.74, 6) is -1.55. The van der Waals surface area contributed by atoms with E-state index in [4.69, 9.17) is 10.5 Å². The van der Waals surface area contributed by atoms with Crippen molar-refractivity contribution in [2.24, 2.45) is 5.73 Å². The monoisotopic (exact) mass is 219 g/mol. The quantitative estimate of drug-likeness (QED) is 0.842. The van der Waals surface area contributed by atoms with Gasteiger partial charge in [-0.05, 0) is 18.2 Å².